The van der Waals surface area contributed by atoms with E-state index in [2.05, 4.69) is 6.92 Å². The lowest BCUT2D eigenvalue weighted by atomic mass is 9.67. The van der Waals surface area contributed by atoms with Crippen molar-refractivity contribution in [2.75, 3.05) is 13.2 Å². The van der Waals surface area contributed by atoms with Crippen LogP contribution in [0.15, 0.2) is 0 Å². The van der Waals surface area contributed by atoms with Gasteiger partial charge in [-0.3, -0.25) is 4.79 Å². The van der Waals surface area contributed by atoms with Crippen molar-refractivity contribution in [1.82, 2.24) is 0 Å². The van der Waals surface area contributed by atoms with Gasteiger partial charge in [-0.1, -0.05) is 6.92 Å². The van der Waals surface area contributed by atoms with Crippen LogP contribution in [0.25, 0.3) is 0 Å². The van der Waals surface area contributed by atoms with Crippen LogP contribution in [0.2, 0.25) is 0 Å². The molecule has 3 nitrogen and oxygen atoms in total. The summed E-state index contributed by atoms with van der Waals surface area (Å²) in [5.74, 6) is 0.213. The van der Waals surface area contributed by atoms with E-state index in [1.807, 2.05) is 0 Å². The minimum absolute atomic E-state index is 0.185. The van der Waals surface area contributed by atoms with Gasteiger partial charge in [-0.05, 0) is 18.3 Å². The van der Waals surface area contributed by atoms with Crippen LogP contribution in [0.3, 0.4) is 0 Å². The summed E-state index contributed by atoms with van der Waals surface area (Å²) in [6.07, 6.45) is 4.66. The normalized spacial score (nSPS) is 43.5. The second-order valence-corrected chi connectivity index (χ2v) is 5.48. The number of ketones is 1. The van der Waals surface area contributed by atoms with Gasteiger partial charge in [0.2, 0.25) is 0 Å². The second-order valence-electron chi connectivity index (χ2n) is 5.48. The molecule has 1 saturated heterocycles. The Labute approximate surface area is 90.1 Å². The van der Waals surface area contributed by atoms with E-state index < -0.39 is 5.79 Å². The van der Waals surface area contributed by atoms with Crippen LogP contribution in [0.1, 0.15) is 39.0 Å². The number of Topliss-reactive ketones (excluding diaryl/α,β-unsaturated/α-hetero) is 1. The van der Waals surface area contributed by atoms with Crippen LogP contribution in [-0.2, 0) is 14.3 Å². The molecule has 2 aliphatic carbocycles. The van der Waals surface area contributed by atoms with Gasteiger partial charge in [0.1, 0.15) is 5.78 Å². The number of hydrogen-bond acceptors (Lipinski definition) is 3. The molecule has 3 rings (SSSR count). The zero-order valence-electron chi connectivity index (χ0n) is 9.25. The van der Waals surface area contributed by atoms with Gasteiger partial charge < -0.3 is 9.47 Å². The van der Waals surface area contributed by atoms with Gasteiger partial charge in [-0.2, -0.15) is 0 Å². The van der Waals surface area contributed by atoms with Crippen molar-refractivity contribution in [3.05, 3.63) is 0 Å². The number of carbonyl (C=O) groups excluding carboxylic acids is 1. The first-order valence-corrected chi connectivity index (χ1v) is 5.94. The van der Waals surface area contributed by atoms with E-state index in [4.69, 9.17) is 9.47 Å². The fourth-order valence-electron chi connectivity index (χ4n) is 3.45. The molecule has 2 atom stereocenters. The summed E-state index contributed by atoms with van der Waals surface area (Å²) in [5, 5.41) is 0. The molecule has 0 amide bonds. The molecule has 0 bridgehead atoms. The van der Waals surface area contributed by atoms with Gasteiger partial charge >= 0.3 is 0 Å². The average Bonchev–Trinajstić information content (AvgIpc) is 2.78. The van der Waals surface area contributed by atoms with Crippen LogP contribution in [0, 0.1) is 11.3 Å². The number of rotatable bonds is 0. The molecule has 15 heavy (non-hydrogen) atoms. The maximum Gasteiger partial charge on any atom is 0.169 e. The molecule has 3 fully saturated rings. The Kier molecular flexibility index (Phi) is 1.99. The van der Waals surface area contributed by atoms with Crippen molar-refractivity contribution in [2.24, 2.45) is 11.3 Å². The summed E-state index contributed by atoms with van der Waals surface area (Å²) in [6, 6.07) is 0. The van der Waals surface area contributed by atoms with Crippen LogP contribution in [0.4, 0.5) is 0 Å². The summed E-state index contributed by atoms with van der Waals surface area (Å²) in [5.41, 5.74) is 0.234. The van der Waals surface area contributed by atoms with E-state index in [0.29, 0.717) is 19.0 Å². The van der Waals surface area contributed by atoms with Crippen molar-refractivity contribution < 1.29 is 14.3 Å². The van der Waals surface area contributed by atoms with Gasteiger partial charge in [0.25, 0.3) is 0 Å². The Morgan fingerprint density at radius 1 is 1.20 bits per heavy atom. The number of ether oxygens (including phenoxy) is 2. The molecule has 0 aromatic rings. The molecular formula is C12H18O3. The van der Waals surface area contributed by atoms with Crippen molar-refractivity contribution in [2.45, 2.75) is 44.8 Å². The minimum atomic E-state index is -0.399. The molecule has 3 heteroatoms. The molecule has 1 heterocycles. The highest BCUT2D eigenvalue weighted by atomic mass is 16.7. The lowest BCUT2D eigenvalue weighted by Gasteiger charge is -2.43. The van der Waals surface area contributed by atoms with E-state index in [-0.39, 0.29) is 11.3 Å². The van der Waals surface area contributed by atoms with Crippen LogP contribution >= 0.6 is 0 Å². The Balaban J connectivity index is 1.84. The van der Waals surface area contributed by atoms with Gasteiger partial charge in [0.15, 0.2) is 5.79 Å². The first kappa shape index (κ1) is 9.79. The maximum absolute atomic E-state index is 11.8. The van der Waals surface area contributed by atoms with Crippen LogP contribution in [-0.4, -0.2) is 24.8 Å². The molecule has 0 aromatic carbocycles. The Bertz CT molecular complexity index is 293. The molecule has 1 aliphatic heterocycles. The fraction of sp³-hybridized carbons (Fsp3) is 0.917. The molecular weight excluding hydrogens is 192 g/mol. The average molecular weight is 210 g/mol. The highest BCUT2D eigenvalue weighted by molar-refractivity contribution is 5.84. The summed E-state index contributed by atoms with van der Waals surface area (Å²) in [7, 11) is 0. The lowest BCUT2D eigenvalue weighted by Crippen LogP contribution is -2.44. The largest absolute Gasteiger partial charge is 0.348 e. The quantitative estimate of drug-likeness (QED) is 0.612. The third-order valence-corrected chi connectivity index (χ3v) is 4.58. The SMILES string of the molecule is C[C@]12CCC(=O)[C@H]1CC1(CC2)OCCO1. The highest BCUT2D eigenvalue weighted by Crippen LogP contribution is 2.54. The van der Waals surface area contributed by atoms with Gasteiger partial charge in [0.05, 0.1) is 13.2 Å². The maximum atomic E-state index is 11.8. The second kappa shape index (κ2) is 3.05. The first-order valence-electron chi connectivity index (χ1n) is 5.94. The fourth-order valence-corrected chi connectivity index (χ4v) is 3.45. The lowest BCUT2D eigenvalue weighted by molar-refractivity contribution is -0.202. The number of hydrogen-bond donors (Lipinski definition) is 0. The molecule has 0 radical (unpaired) electrons. The van der Waals surface area contributed by atoms with Crippen LogP contribution in [0.5, 0.6) is 0 Å². The zero-order valence-corrected chi connectivity index (χ0v) is 9.25. The third kappa shape index (κ3) is 1.36. The molecule has 2 saturated carbocycles. The predicted octanol–water partition coefficient (Wildman–Crippen LogP) is 1.90. The zero-order chi connectivity index (χ0) is 10.5. The van der Waals surface area contributed by atoms with Gasteiger partial charge in [-0.25, -0.2) is 0 Å². The van der Waals surface area contributed by atoms with E-state index in [1.165, 1.54) is 0 Å². The van der Waals surface area contributed by atoms with Gasteiger partial charge in [0, 0.05) is 25.2 Å². The Morgan fingerprint density at radius 2 is 1.93 bits per heavy atom. The monoisotopic (exact) mass is 210 g/mol. The van der Waals surface area contributed by atoms with Crippen molar-refractivity contribution in [1.29, 1.82) is 0 Å². The van der Waals surface area contributed by atoms with Crippen LogP contribution < -0.4 is 0 Å². The van der Waals surface area contributed by atoms with Crippen molar-refractivity contribution >= 4 is 5.78 Å². The standard InChI is InChI=1S/C12H18O3/c1-11-3-2-10(13)9(11)8-12(5-4-11)14-6-7-15-12/h9H,2-8H2,1H3/t9-,11-/m1/s1. The van der Waals surface area contributed by atoms with E-state index in [1.54, 1.807) is 0 Å². The molecule has 3 aliphatic rings. The molecule has 1 spiro atoms. The van der Waals surface area contributed by atoms with E-state index >= 15 is 0 Å². The Hall–Kier alpha value is -0.410. The minimum Gasteiger partial charge on any atom is -0.348 e. The first-order chi connectivity index (χ1) is 7.14. The molecule has 84 valence electrons. The topological polar surface area (TPSA) is 35.5 Å². The summed E-state index contributed by atoms with van der Waals surface area (Å²) in [6.45, 7) is 3.64. The predicted molar refractivity (Wildman–Crippen MR) is 54.3 cm³/mol. The van der Waals surface area contributed by atoms with Gasteiger partial charge in [-0.15, -0.1) is 0 Å². The van der Waals surface area contributed by atoms with E-state index in [9.17, 15) is 4.79 Å². The smallest absolute Gasteiger partial charge is 0.169 e. The van der Waals surface area contributed by atoms with E-state index in [0.717, 1.165) is 32.1 Å². The molecule has 0 aromatic heterocycles. The van der Waals surface area contributed by atoms with Crippen molar-refractivity contribution in [3.8, 4) is 0 Å². The summed E-state index contributed by atoms with van der Waals surface area (Å²) >= 11 is 0. The molecule has 0 unspecified atom stereocenters. The summed E-state index contributed by atoms with van der Waals surface area (Å²) < 4.78 is 11.4. The van der Waals surface area contributed by atoms with Crippen molar-refractivity contribution in [3.63, 3.8) is 0 Å². The highest BCUT2D eigenvalue weighted by Gasteiger charge is 2.54. The Morgan fingerprint density at radius 3 is 2.67 bits per heavy atom. The molecule has 0 N–H and O–H groups in total. The number of fused-ring (bicyclic) bond motifs is 1. The number of carbonyl (C=O) groups is 1. The third-order valence-electron chi connectivity index (χ3n) is 4.58. The summed E-state index contributed by atoms with van der Waals surface area (Å²) in [4.78, 5) is 11.8.